The summed E-state index contributed by atoms with van der Waals surface area (Å²) in [5, 5.41) is 10.6. The molecule has 1 aromatic rings. The SMILES string of the molecule is O=Cc1c([N+](=O)[O-])cc(C(F)(F)F)cc1S(=O)(=O)Cl. The van der Waals surface area contributed by atoms with E-state index < -0.39 is 41.9 Å². The molecule has 6 nitrogen and oxygen atoms in total. The van der Waals surface area contributed by atoms with Crippen LogP contribution in [-0.4, -0.2) is 19.6 Å². The lowest BCUT2D eigenvalue weighted by Crippen LogP contribution is -2.10. The molecule has 0 N–H and O–H groups in total. The van der Waals surface area contributed by atoms with Gasteiger partial charge in [0.25, 0.3) is 14.7 Å². The maximum atomic E-state index is 12.5. The van der Waals surface area contributed by atoms with Gasteiger partial charge in [0.05, 0.1) is 10.5 Å². The molecule has 0 bridgehead atoms. The number of nitrogens with zero attached hydrogens (tertiary/aromatic N) is 1. The van der Waals surface area contributed by atoms with E-state index in [9.17, 15) is 36.5 Å². The number of aldehydes is 1. The standard InChI is InChI=1S/C8H3ClF3NO5S/c9-19(17,18)7-2-4(8(10,11)12)1-6(13(15)16)5(7)3-14/h1-3H. The normalized spacial score (nSPS) is 12.2. The topological polar surface area (TPSA) is 94.3 Å². The third-order valence-electron chi connectivity index (χ3n) is 2.02. The van der Waals surface area contributed by atoms with Crippen molar-refractivity contribution in [1.29, 1.82) is 0 Å². The molecule has 1 rings (SSSR count). The zero-order chi connectivity index (χ0) is 15.0. The summed E-state index contributed by atoms with van der Waals surface area (Å²) in [6.45, 7) is 0. The second-order valence-electron chi connectivity index (χ2n) is 3.22. The predicted molar refractivity (Wildman–Crippen MR) is 56.5 cm³/mol. The van der Waals surface area contributed by atoms with E-state index in [1.807, 2.05) is 0 Å². The van der Waals surface area contributed by atoms with Crippen molar-refractivity contribution in [2.24, 2.45) is 0 Å². The lowest BCUT2D eigenvalue weighted by molar-refractivity contribution is -0.385. The van der Waals surface area contributed by atoms with Crippen LogP contribution in [0.25, 0.3) is 0 Å². The molecule has 0 saturated carbocycles. The minimum absolute atomic E-state index is 0.0648. The molecular formula is C8H3ClF3NO5S. The molecule has 0 heterocycles. The number of hydrogen-bond donors (Lipinski definition) is 0. The lowest BCUT2D eigenvalue weighted by atomic mass is 10.1. The fraction of sp³-hybridized carbons (Fsp3) is 0.125. The fourth-order valence-electron chi connectivity index (χ4n) is 1.25. The number of nitro benzene ring substituents is 1. The first kappa shape index (κ1) is 15.4. The van der Waals surface area contributed by atoms with E-state index in [0.717, 1.165) is 0 Å². The van der Waals surface area contributed by atoms with E-state index in [-0.39, 0.29) is 18.4 Å². The van der Waals surface area contributed by atoms with E-state index in [4.69, 9.17) is 10.7 Å². The van der Waals surface area contributed by atoms with Gasteiger partial charge in [0.1, 0.15) is 10.5 Å². The Labute approximate surface area is 108 Å². The van der Waals surface area contributed by atoms with Gasteiger partial charge in [0.2, 0.25) is 0 Å². The second-order valence-corrected chi connectivity index (χ2v) is 5.75. The van der Waals surface area contributed by atoms with Gasteiger partial charge in [-0.25, -0.2) is 8.42 Å². The van der Waals surface area contributed by atoms with Crippen LogP contribution in [0, 0.1) is 10.1 Å². The third-order valence-corrected chi connectivity index (χ3v) is 3.39. The van der Waals surface area contributed by atoms with Crippen LogP contribution in [0.2, 0.25) is 0 Å². The Morgan fingerprint density at radius 1 is 1.32 bits per heavy atom. The van der Waals surface area contributed by atoms with Crippen molar-refractivity contribution >= 4 is 31.7 Å². The summed E-state index contributed by atoms with van der Waals surface area (Å²) in [5.74, 6) is 0. The predicted octanol–water partition coefficient (Wildman–Crippen LogP) is 2.35. The lowest BCUT2D eigenvalue weighted by Gasteiger charge is -2.09. The van der Waals surface area contributed by atoms with Crippen LogP contribution in [0.1, 0.15) is 15.9 Å². The van der Waals surface area contributed by atoms with Crippen molar-refractivity contribution in [3.8, 4) is 0 Å². The van der Waals surface area contributed by atoms with Crippen LogP contribution in [-0.2, 0) is 15.2 Å². The molecule has 0 unspecified atom stereocenters. The molecule has 11 heteroatoms. The smallest absolute Gasteiger partial charge is 0.298 e. The van der Waals surface area contributed by atoms with E-state index in [1.165, 1.54) is 0 Å². The minimum atomic E-state index is -5.03. The molecule has 0 aliphatic carbocycles. The molecule has 0 aliphatic heterocycles. The number of benzene rings is 1. The Balaban J connectivity index is 3.85. The highest BCUT2D eigenvalue weighted by Gasteiger charge is 2.36. The van der Waals surface area contributed by atoms with Crippen molar-refractivity contribution in [2.75, 3.05) is 0 Å². The van der Waals surface area contributed by atoms with Gasteiger partial charge in [-0.05, 0) is 6.07 Å². The Kier molecular flexibility index (Phi) is 3.87. The van der Waals surface area contributed by atoms with Crippen molar-refractivity contribution in [3.63, 3.8) is 0 Å². The summed E-state index contributed by atoms with van der Waals surface area (Å²) in [4.78, 5) is 18.7. The van der Waals surface area contributed by atoms with Gasteiger partial charge in [-0.1, -0.05) is 0 Å². The van der Waals surface area contributed by atoms with Crippen molar-refractivity contribution < 1.29 is 31.3 Å². The quantitative estimate of drug-likeness (QED) is 0.369. The number of nitro groups is 1. The van der Waals surface area contributed by atoms with Gasteiger partial charge in [0, 0.05) is 16.7 Å². The molecule has 0 spiro atoms. The monoisotopic (exact) mass is 317 g/mol. The van der Waals surface area contributed by atoms with Crippen LogP contribution in [0.15, 0.2) is 17.0 Å². The van der Waals surface area contributed by atoms with Gasteiger partial charge in [-0.3, -0.25) is 14.9 Å². The average molecular weight is 318 g/mol. The molecule has 104 valence electrons. The van der Waals surface area contributed by atoms with Gasteiger partial charge in [-0.15, -0.1) is 0 Å². The van der Waals surface area contributed by atoms with Gasteiger partial charge < -0.3 is 0 Å². The van der Waals surface area contributed by atoms with Gasteiger partial charge in [-0.2, -0.15) is 13.2 Å². The van der Waals surface area contributed by atoms with E-state index in [2.05, 4.69) is 0 Å². The molecule has 0 aliphatic rings. The summed E-state index contributed by atoms with van der Waals surface area (Å²) < 4.78 is 59.6. The minimum Gasteiger partial charge on any atom is -0.298 e. The highest BCUT2D eigenvalue weighted by molar-refractivity contribution is 8.13. The maximum Gasteiger partial charge on any atom is 0.416 e. The Morgan fingerprint density at radius 2 is 1.84 bits per heavy atom. The third kappa shape index (κ3) is 3.20. The average Bonchev–Trinajstić information content (AvgIpc) is 2.24. The number of rotatable bonds is 3. The van der Waals surface area contributed by atoms with Crippen LogP contribution in [0.5, 0.6) is 0 Å². The first-order valence-electron chi connectivity index (χ1n) is 4.28. The number of alkyl halides is 3. The highest BCUT2D eigenvalue weighted by Crippen LogP contribution is 2.36. The van der Waals surface area contributed by atoms with Crippen LogP contribution >= 0.6 is 10.7 Å². The van der Waals surface area contributed by atoms with Crippen molar-refractivity contribution in [1.82, 2.24) is 0 Å². The molecule has 0 amide bonds. The Morgan fingerprint density at radius 3 is 2.16 bits per heavy atom. The maximum absolute atomic E-state index is 12.5. The summed E-state index contributed by atoms with van der Waals surface area (Å²) in [5.41, 5.74) is -3.92. The number of halogens is 4. The van der Waals surface area contributed by atoms with Gasteiger partial charge >= 0.3 is 6.18 Å². The van der Waals surface area contributed by atoms with Crippen LogP contribution in [0.4, 0.5) is 18.9 Å². The zero-order valence-electron chi connectivity index (χ0n) is 8.64. The van der Waals surface area contributed by atoms with Crippen molar-refractivity contribution in [3.05, 3.63) is 33.4 Å². The van der Waals surface area contributed by atoms with Crippen LogP contribution in [0.3, 0.4) is 0 Å². The van der Waals surface area contributed by atoms with Gasteiger partial charge in [0.15, 0.2) is 6.29 Å². The number of hydrogen-bond acceptors (Lipinski definition) is 5. The molecule has 0 fully saturated rings. The molecule has 0 radical (unpaired) electrons. The zero-order valence-corrected chi connectivity index (χ0v) is 10.2. The largest absolute Gasteiger partial charge is 0.416 e. The first-order chi connectivity index (χ1) is 8.48. The Hall–Kier alpha value is -1.68. The Bertz CT molecular complexity index is 655. The summed E-state index contributed by atoms with van der Waals surface area (Å²) in [7, 11) is 0.117. The molecular weight excluding hydrogens is 315 g/mol. The molecule has 19 heavy (non-hydrogen) atoms. The molecule has 0 aromatic heterocycles. The summed E-state index contributed by atoms with van der Waals surface area (Å²) >= 11 is 0. The molecule has 0 atom stereocenters. The number of carbonyl (C=O) groups is 1. The summed E-state index contributed by atoms with van der Waals surface area (Å²) in [6.07, 6.45) is -5.27. The van der Waals surface area contributed by atoms with E-state index in [0.29, 0.717) is 0 Å². The first-order valence-corrected chi connectivity index (χ1v) is 6.59. The number of carbonyl (C=O) groups excluding carboxylic acids is 1. The van der Waals surface area contributed by atoms with E-state index in [1.54, 1.807) is 0 Å². The summed E-state index contributed by atoms with van der Waals surface area (Å²) in [6, 6.07) is 0.133. The second kappa shape index (κ2) is 4.78. The fourth-order valence-corrected chi connectivity index (χ4v) is 2.31. The molecule has 0 saturated heterocycles. The molecule has 1 aromatic carbocycles. The van der Waals surface area contributed by atoms with Crippen molar-refractivity contribution in [2.45, 2.75) is 11.1 Å². The van der Waals surface area contributed by atoms with E-state index >= 15 is 0 Å². The van der Waals surface area contributed by atoms with Crippen LogP contribution < -0.4 is 0 Å². The highest BCUT2D eigenvalue weighted by atomic mass is 35.7.